The molecule has 0 radical (unpaired) electrons. The smallest absolute Gasteiger partial charge is 0.258 e. The van der Waals surface area contributed by atoms with Gasteiger partial charge < -0.3 is 0 Å². The number of amides is 1. The lowest BCUT2D eigenvalue weighted by Crippen LogP contribution is -2.13. The van der Waals surface area contributed by atoms with Gasteiger partial charge in [-0.15, -0.1) is 11.3 Å². The summed E-state index contributed by atoms with van der Waals surface area (Å²) in [5.74, 6) is -0.193. The first kappa shape index (κ1) is 20.1. The molecule has 1 N–H and O–H groups in total. The molecule has 0 aliphatic rings. The Balaban J connectivity index is 1.49. The van der Waals surface area contributed by atoms with Crippen LogP contribution in [-0.2, 0) is 0 Å². The van der Waals surface area contributed by atoms with Crippen LogP contribution in [0.25, 0.3) is 33.4 Å². The van der Waals surface area contributed by atoms with Gasteiger partial charge in [0.05, 0.1) is 22.5 Å². The van der Waals surface area contributed by atoms with Gasteiger partial charge in [-0.05, 0) is 26.0 Å². The van der Waals surface area contributed by atoms with Gasteiger partial charge in [-0.2, -0.15) is 0 Å². The van der Waals surface area contributed by atoms with E-state index in [4.69, 9.17) is 4.98 Å². The van der Waals surface area contributed by atoms with Crippen molar-refractivity contribution >= 4 is 33.3 Å². The Morgan fingerprint density at radius 1 is 0.781 bits per heavy atom. The molecule has 2 heterocycles. The van der Waals surface area contributed by atoms with Crippen LogP contribution in [-0.4, -0.2) is 15.9 Å². The first-order valence-corrected chi connectivity index (χ1v) is 11.3. The number of rotatable bonds is 4. The highest BCUT2D eigenvalue weighted by Gasteiger charge is 2.16. The quantitative estimate of drug-likeness (QED) is 0.334. The summed E-state index contributed by atoms with van der Waals surface area (Å²) < 4.78 is 0. The van der Waals surface area contributed by atoms with E-state index in [1.54, 1.807) is 0 Å². The normalized spacial score (nSPS) is 10.9. The lowest BCUT2D eigenvalue weighted by molar-refractivity contribution is 0.102. The fourth-order valence-electron chi connectivity index (χ4n) is 3.59. The summed E-state index contributed by atoms with van der Waals surface area (Å²) in [6.07, 6.45) is 0. The molecular weight excluding hydrogens is 414 g/mol. The molecule has 0 atom stereocenters. The molecule has 2 aromatic heterocycles. The topological polar surface area (TPSA) is 54.9 Å². The fraction of sp³-hybridized carbons (Fsp3) is 0.0741. The standard InChI is InChI=1S/C27H21N3OS/c1-17-7-11-19(12-8-17)24-15-22(21-5-3-4-6-23(21)28-24)26(31)30-27-29-25(16-32-27)20-13-9-18(2)10-14-20/h3-16H,1-2H3,(H,29,30,31). The summed E-state index contributed by atoms with van der Waals surface area (Å²) >= 11 is 1.42. The van der Waals surface area contributed by atoms with Crippen LogP contribution in [0.4, 0.5) is 5.13 Å². The third-order valence-corrected chi connectivity index (χ3v) is 6.14. The number of thiazole rings is 1. The maximum atomic E-state index is 13.3. The van der Waals surface area contributed by atoms with E-state index in [1.165, 1.54) is 22.5 Å². The predicted molar refractivity (Wildman–Crippen MR) is 132 cm³/mol. The van der Waals surface area contributed by atoms with Crippen LogP contribution in [0.15, 0.2) is 84.2 Å². The number of benzene rings is 3. The minimum atomic E-state index is -0.193. The highest BCUT2D eigenvalue weighted by molar-refractivity contribution is 7.14. The van der Waals surface area contributed by atoms with Crippen molar-refractivity contribution in [2.24, 2.45) is 0 Å². The second-order valence-electron chi connectivity index (χ2n) is 7.80. The number of nitrogens with one attached hydrogen (secondary N) is 1. The van der Waals surface area contributed by atoms with Gasteiger partial charge in [-0.3, -0.25) is 10.1 Å². The van der Waals surface area contributed by atoms with Crippen LogP contribution in [0, 0.1) is 13.8 Å². The Kier molecular flexibility index (Phi) is 5.25. The van der Waals surface area contributed by atoms with Gasteiger partial charge in [0, 0.05) is 21.9 Å². The van der Waals surface area contributed by atoms with Crippen molar-refractivity contribution in [2.75, 3.05) is 5.32 Å². The fourth-order valence-corrected chi connectivity index (χ4v) is 4.30. The van der Waals surface area contributed by atoms with Crippen molar-refractivity contribution in [3.8, 4) is 22.5 Å². The number of fused-ring (bicyclic) bond motifs is 1. The number of para-hydroxylation sites is 1. The predicted octanol–water partition coefficient (Wildman–Crippen LogP) is 6.89. The summed E-state index contributed by atoms with van der Waals surface area (Å²) in [5.41, 5.74) is 7.38. The van der Waals surface area contributed by atoms with Gasteiger partial charge in [-0.25, -0.2) is 9.97 Å². The minimum Gasteiger partial charge on any atom is -0.298 e. The highest BCUT2D eigenvalue weighted by atomic mass is 32.1. The van der Waals surface area contributed by atoms with Gasteiger partial charge in [-0.1, -0.05) is 77.9 Å². The van der Waals surface area contributed by atoms with Crippen molar-refractivity contribution in [3.05, 3.63) is 101 Å². The maximum absolute atomic E-state index is 13.3. The van der Waals surface area contributed by atoms with Crippen LogP contribution in [0.5, 0.6) is 0 Å². The number of nitrogens with zero attached hydrogens (tertiary/aromatic N) is 2. The van der Waals surface area contributed by atoms with Gasteiger partial charge in [0.1, 0.15) is 0 Å². The molecule has 0 bridgehead atoms. The zero-order valence-corrected chi connectivity index (χ0v) is 18.6. The molecule has 5 aromatic rings. The Morgan fingerprint density at radius 2 is 1.41 bits per heavy atom. The number of aryl methyl sites for hydroxylation is 2. The summed E-state index contributed by atoms with van der Waals surface area (Å²) in [4.78, 5) is 22.7. The summed E-state index contributed by atoms with van der Waals surface area (Å²) in [5, 5.41) is 6.33. The Labute approximate surface area is 190 Å². The average molecular weight is 436 g/mol. The summed E-state index contributed by atoms with van der Waals surface area (Å²) in [7, 11) is 0. The minimum absolute atomic E-state index is 0.193. The largest absolute Gasteiger partial charge is 0.298 e. The van der Waals surface area contributed by atoms with E-state index < -0.39 is 0 Å². The molecular formula is C27H21N3OS. The van der Waals surface area contributed by atoms with Gasteiger partial charge >= 0.3 is 0 Å². The van der Waals surface area contributed by atoms with E-state index in [2.05, 4.69) is 36.3 Å². The number of hydrogen-bond acceptors (Lipinski definition) is 4. The van der Waals surface area contributed by atoms with Crippen LogP contribution in [0.3, 0.4) is 0 Å². The van der Waals surface area contributed by atoms with Crippen LogP contribution in [0.2, 0.25) is 0 Å². The van der Waals surface area contributed by atoms with Gasteiger partial charge in [0.15, 0.2) is 5.13 Å². The molecule has 5 heteroatoms. The lowest BCUT2D eigenvalue weighted by Gasteiger charge is -2.10. The SMILES string of the molecule is Cc1ccc(-c2csc(NC(=O)c3cc(-c4ccc(C)cc4)nc4ccccc34)n2)cc1. The Morgan fingerprint density at radius 3 is 2.09 bits per heavy atom. The molecule has 3 aromatic carbocycles. The lowest BCUT2D eigenvalue weighted by atomic mass is 10.0. The van der Waals surface area contributed by atoms with Crippen molar-refractivity contribution in [3.63, 3.8) is 0 Å². The number of anilines is 1. The summed E-state index contributed by atoms with van der Waals surface area (Å²) in [6, 6.07) is 25.9. The van der Waals surface area contributed by atoms with Crippen LogP contribution in [0.1, 0.15) is 21.5 Å². The molecule has 5 rings (SSSR count). The zero-order chi connectivity index (χ0) is 22.1. The van der Waals surface area contributed by atoms with E-state index in [-0.39, 0.29) is 5.91 Å². The van der Waals surface area contributed by atoms with E-state index >= 15 is 0 Å². The van der Waals surface area contributed by atoms with Crippen molar-refractivity contribution in [2.45, 2.75) is 13.8 Å². The molecule has 0 aliphatic carbocycles. The molecule has 0 fully saturated rings. The molecule has 0 spiro atoms. The van der Waals surface area contributed by atoms with E-state index in [0.29, 0.717) is 10.7 Å². The first-order chi connectivity index (χ1) is 15.6. The second-order valence-corrected chi connectivity index (χ2v) is 8.65. The zero-order valence-electron chi connectivity index (χ0n) is 17.8. The molecule has 4 nitrogen and oxygen atoms in total. The molecule has 0 aliphatic heterocycles. The number of carbonyl (C=O) groups is 1. The molecule has 156 valence electrons. The molecule has 32 heavy (non-hydrogen) atoms. The van der Waals surface area contributed by atoms with E-state index in [9.17, 15) is 4.79 Å². The molecule has 0 unspecified atom stereocenters. The molecule has 1 amide bonds. The van der Waals surface area contributed by atoms with Crippen molar-refractivity contribution < 1.29 is 4.79 Å². The number of aromatic nitrogens is 2. The first-order valence-electron chi connectivity index (χ1n) is 10.4. The van der Waals surface area contributed by atoms with Gasteiger partial charge in [0.2, 0.25) is 0 Å². The van der Waals surface area contributed by atoms with Crippen LogP contribution >= 0.6 is 11.3 Å². The molecule has 0 saturated carbocycles. The average Bonchev–Trinajstić information content (AvgIpc) is 3.27. The monoisotopic (exact) mass is 435 g/mol. The van der Waals surface area contributed by atoms with Crippen LogP contribution < -0.4 is 5.32 Å². The maximum Gasteiger partial charge on any atom is 0.258 e. The van der Waals surface area contributed by atoms with Gasteiger partial charge in [0.25, 0.3) is 5.91 Å². The van der Waals surface area contributed by atoms with Crippen molar-refractivity contribution in [1.82, 2.24) is 9.97 Å². The number of carbonyl (C=O) groups excluding carboxylic acids is 1. The second kappa shape index (κ2) is 8.36. The third kappa shape index (κ3) is 4.03. The molecule has 0 saturated heterocycles. The van der Waals surface area contributed by atoms with E-state index in [1.807, 2.05) is 72.1 Å². The number of pyridine rings is 1. The Hall–Kier alpha value is -3.83. The van der Waals surface area contributed by atoms with Crippen molar-refractivity contribution in [1.29, 1.82) is 0 Å². The Bertz CT molecular complexity index is 1420. The highest BCUT2D eigenvalue weighted by Crippen LogP contribution is 2.28. The third-order valence-electron chi connectivity index (χ3n) is 5.38. The summed E-state index contributed by atoms with van der Waals surface area (Å²) in [6.45, 7) is 4.11. The van der Waals surface area contributed by atoms with E-state index in [0.717, 1.165) is 33.4 Å². The number of hydrogen-bond donors (Lipinski definition) is 1.